The third-order valence-electron chi connectivity index (χ3n) is 3.62. The molecule has 1 saturated carbocycles. The Morgan fingerprint density at radius 2 is 2.10 bits per heavy atom. The van der Waals surface area contributed by atoms with Crippen molar-refractivity contribution in [2.24, 2.45) is 5.73 Å². The number of nitrogens with two attached hydrogens (primary N) is 1. The van der Waals surface area contributed by atoms with Crippen molar-refractivity contribution in [2.75, 3.05) is 25.6 Å². The normalized spacial score (nSPS) is 15.7. The lowest BCUT2D eigenvalue weighted by Gasteiger charge is -2.22. The third-order valence-corrected chi connectivity index (χ3v) is 3.62. The van der Waals surface area contributed by atoms with Gasteiger partial charge in [0.15, 0.2) is 0 Å². The number of nitrogens with zero attached hydrogens (tertiary/aromatic N) is 1. The molecule has 110 valence electrons. The fourth-order valence-corrected chi connectivity index (χ4v) is 2.13. The average molecular weight is 277 g/mol. The van der Waals surface area contributed by atoms with Crippen molar-refractivity contribution in [3.05, 3.63) is 24.3 Å². The first-order chi connectivity index (χ1) is 9.60. The van der Waals surface area contributed by atoms with Crippen LogP contribution in [0.5, 0.6) is 5.75 Å². The van der Waals surface area contributed by atoms with Gasteiger partial charge in [0.05, 0.1) is 13.2 Å². The van der Waals surface area contributed by atoms with E-state index in [-0.39, 0.29) is 11.9 Å². The Balaban J connectivity index is 1.85. The Bertz CT molecular complexity index is 443. The van der Waals surface area contributed by atoms with Gasteiger partial charge in [-0.3, -0.25) is 4.79 Å². The van der Waals surface area contributed by atoms with Gasteiger partial charge in [-0.1, -0.05) is 0 Å². The molecule has 1 unspecified atom stereocenters. The maximum atomic E-state index is 11.4. The van der Waals surface area contributed by atoms with E-state index < -0.39 is 0 Å². The van der Waals surface area contributed by atoms with Crippen LogP contribution in [0.15, 0.2) is 24.3 Å². The molecule has 0 aliphatic heterocycles. The molecule has 1 amide bonds. The highest BCUT2D eigenvalue weighted by Crippen LogP contribution is 2.21. The number of rotatable bonds is 8. The molecule has 0 bridgehead atoms. The van der Waals surface area contributed by atoms with Crippen LogP contribution in [0.25, 0.3) is 0 Å². The maximum absolute atomic E-state index is 11.4. The summed E-state index contributed by atoms with van der Waals surface area (Å²) in [5.74, 6) is 0.576. The molecule has 0 radical (unpaired) electrons. The molecule has 0 spiro atoms. The summed E-state index contributed by atoms with van der Waals surface area (Å²) in [6, 6.07) is 8.13. The zero-order valence-electron chi connectivity index (χ0n) is 12.1. The maximum Gasteiger partial charge on any atom is 0.234 e. The van der Waals surface area contributed by atoms with Gasteiger partial charge in [-0.05, 0) is 43.5 Å². The first-order valence-electron chi connectivity index (χ1n) is 7.00. The lowest BCUT2D eigenvalue weighted by Crippen LogP contribution is -2.44. The summed E-state index contributed by atoms with van der Waals surface area (Å²) < 4.78 is 5.14. The quantitative estimate of drug-likeness (QED) is 0.747. The number of nitrogens with one attached hydrogen (secondary N) is 1. The van der Waals surface area contributed by atoms with Gasteiger partial charge in [-0.15, -0.1) is 0 Å². The van der Waals surface area contributed by atoms with E-state index in [0.29, 0.717) is 12.5 Å². The summed E-state index contributed by atoms with van der Waals surface area (Å²) in [5, 5.41) is 3.29. The lowest BCUT2D eigenvalue weighted by molar-refractivity contribution is -0.120. The molecule has 0 heterocycles. The zero-order valence-corrected chi connectivity index (χ0v) is 12.1. The monoisotopic (exact) mass is 277 g/mol. The number of amides is 1. The van der Waals surface area contributed by atoms with Crippen molar-refractivity contribution < 1.29 is 9.53 Å². The van der Waals surface area contributed by atoms with E-state index in [0.717, 1.165) is 30.8 Å². The molecule has 3 N–H and O–H groups in total. The Labute approximate surface area is 120 Å². The molecule has 1 atom stereocenters. The van der Waals surface area contributed by atoms with Crippen molar-refractivity contribution in [3.63, 3.8) is 0 Å². The fourth-order valence-electron chi connectivity index (χ4n) is 2.13. The minimum Gasteiger partial charge on any atom is -0.497 e. The highest BCUT2D eigenvalue weighted by atomic mass is 16.5. The predicted octanol–water partition coefficient (Wildman–Crippen LogP) is 1.13. The SMILES string of the molecule is COc1ccc(N(C)CCC(NC2CC2)C(N)=O)cc1. The van der Waals surface area contributed by atoms with Crippen LogP contribution in [0.1, 0.15) is 19.3 Å². The topological polar surface area (TPSA) is 67.6 Å². The number of primary amides is 1. The van der Waals surface area contributed by atoms with E-state index in [4.69, 9.17) is 10.5 Å². The molecule has 0 saturated heterocycles. The second kappa shape index (κ2) is 6.61. The summed E-state index contributed by atoms with van der Waals surface area (Å²) in [4.78, 5) is 13.5. The molecule has 0 aromatic heterocycles. The van der Waals surface area contributed by atoms with Gasteiger partial charge in [0.25, 0.3) is 0 Å². The lowest BCUT2D eigenvalue weighted by atomic mass is 10.1. The van der Waals surface area contributed by atoms with E-state index in [1.165, 1.54) is 0 Å². The van der Waals surface area contributed by atoms with Crippen molar-refractivity contribution in [3.8, 4) is 5.75 Å². The number of carbonyl (C=O) groups excluding carboxylic acids is 1. The van der Waals surface area contributed by atoms with Crippen LogP contribution < -0.4 is 20.7 Å². The van der Waals surface area contributed by atoms with E-state index in [1.54, 1.807) is 7.11 Å². The highest BCUT2D eigenvalue weighted by Gasteiger charge is 2.27. The van der Waals surface area contributed by atoms with E-state index in [9.17, 15) is 4.79 Å². The van der Waals surface area contributed by atoms with Crippen LogP contribution in [0.2, 0.25) is 0 Å². The number of ether oxygens (including phenoxy) is 1. The fraction of sp³-hybridized carbons (Fsp3) is 0.533. The van der Waals surface area contributed by atoms with Crippen LogP contribution in [0.4, 0.5) is 5.69 Å². The van der Waals surface area contributed by atoms with Crippen molar-refractivity contribution >= 4 is 11.6 Å². The van der Waals surface area contributed by atoms with Crippen LogP contribution in [0, 0.1) is 0 Å². The second-order valence-corrected chi connectivity index (χ2v) is 5.30. The Morgan fingerprint density at radius 1 is 1.45 bits per heavy atom. The number of hydrogen-bond donors (Lipinski definition) is 2. The molecule has 1 aliphatic rings. The summed E-state index contributed by atoms with van der Waals surface area (Å²) >= 11 is 0. The predicted molar refractivity (Wildman–Crippen MR) is 80.0 cm³/mol. The van der Waals surface area contributed by atoms with Gasteiger partial charge in [-0.2, -0.15) is 0 Å². The smallest absolute Gasteiger partial charge is 0.234 e. The molecule has 2 rings (SSSR count). The molecule has 20 heavy (non-hydrogen) atoms. The van der Waals surface area contributed by atoms with Gasteiger partial charge >= 0.3 is 0 Å². The molecule has 1 aliphatic carbocycles. The Morgan fingerprint density at radius 3 is 2.60 bits per heavy atom. The van der Waals surface area contributed by atoms with Crippen LogP contribution in [-0.4, -0.2) is 38.7 Å². The van der Waals surface area contributed by atoms with Crippen molar-refractivity contribution in [1.82, 2.24) is 5.32 Å². The first-order valence-corrected chi connectivity index (χ1v) is 7.00. The number of anilines is 1. The van der Waals surface area contributed by atoms with E-state index in [2.05, 4.69) is 10.2 Å². The highest BCUT2D eigenvalue weighted by molar-refractivity contribution is 5.80. The summed E-state index contributed by atoms with van der Waals surface area (Å²) in [6.07, 6.45) is 3.02. The zero-order chi connectivity index (χ0) is 14.5. The average Bonchev–Trinajstić information content (AvgIpc) is 3.27. The first kappa shape index (κ1) is 14.7. The van der Waals surface area contributed by atoms with Crippen LogP contribution in [0.3, 0.4) is 0 Å². The Kier molecular flexibility index (Phi) is 4.84. The van der Waals surface area contributed by atoms with Gasteiger partial charge in [0, 0.05) is 25.3 Å². The number of methoxy groups -OCH3 is 1. The van der Waals surface area contributed by atoms with Gasteiger partial charge < -0.3 is 20.7 Å². The summed E-state index contributed by atoms with van der Waals surface area (Å²) in [7, 11) is 3.66. The van der Waals surface area contributed by atoms with Gasteiger partial charge in [0.1, 0.15) is 5.75 Å². The molecule has 1 aromatic rings. The third kappa shape index (κ3) is 4.13. The van der Waals surface area contributed by atoms with E-state index in [1.807, 2.05) is 31.3 Å². The molecule has 1 fully saturated rings. The second-order valence-electron chi connectivity index (χ2n) is 5.30. The molecule has 5 heteroatoms. The standard InChI is InChI=1S/C15H23N3O2/c1-18(12-5-7-13(20-2)8-6-12)10-9-14(15(16)19)17-11-3-4-11/h5-8,11,14,17H,3-4,9-10H2,1-2H3,(H2,16,19). The largest absolute Gasteiger partial charge is 0.497 e. The number of benzene rings is 1. The molecular formula is C15H23N3O2. The van der Waals surface area contributed by atoms with Crippen molar-refractivity contribution in [1.29, 1.82) is 0 Å². The summed E-state index contributed by atoms with van der Waals surface area (Å²) in [5.41, 5.74) is 6.54. The summed E-state index contributed by atoms with van der Waals surface area (Å²) in [6.45, 7) is 0.777. The van der Waals surface area contributed by atoms with Crippen molar-refractivity contribution in [2.45, 2.75) is 31.3 Å². The number of carbonyl (C=O) groups is 1. The van der Waals surface area contributed by atoms with E-state index >= 15 is 0 Å². The number of hydrogen-bond acceptors (Lipinski definition) is 4. The van der Waals surface area contributed by atoms with Gasteiger partial charge in [0.2, 0.25) is 5.91 Å². The van der Waals surface area contributed by atoms with Crippen LogP contribution in [-0.2, 0) is 4.79 Å². The molecule has 1 aromatic carbocycles. The minimum atomic E-state index is -0.264. The van der Waals surface area contributed by atoms with Gasteiger partial charge in [-0.25, -0.2) is 0 Å². The minimum absolute atomic E-state index is 0.233. The Hall–Kier alpha value is -1.75. The van der Waals surface area contributed by atoms with Crippen LogP contribution >= 0.6 is 0 Å². The molecule has 5 nitrogen and oxygen atoms in total. The molecular weight excluding hydrogens is 254 g/mol.